The zero-order valence-corrected chi connectivity index (χ0v) is 8.25. The summed E-state index contributed by atoms with van der Waals surface area (Å²) in [7, 11) is 1.74. The van der Waals surface area contributed by atoms with E-state index in [-0.39, 0.29) is 0 Å². The highest BCUT2D eigenvalue weighted by Crippen LogP contribution is 2.32. The largest absolute Gasteiger partial charge is 0.383 e. The van der Waals surface area contributed by atoms with Gasteiger partial charge in [0.05, 0.1) is 12.7 Å². The lowest BCUT2D eigenvalue weighted by Gasteiger charge is -2.16. The fourth-order valence-electron chi connectivity index (χ4n) is 1.49. The molecule has 0 amide bonds. The monoisotopic (exact) mass is 182 g/mol. The Morgan fingerprint density at radius 2 is 2.38 bits per heavy atom. The topological polar surface area (TPSA) is 45.0 Å². The minimum atomic E-state index is 0.517. The number of rotatable bonds is 7. The molecule has 1 saturated carbocycles. The van der Waals surface area contributed by atoms with Crippen LogP contribution < -0.4 is 5.32 Å². The number of nitriles is 1. The van der Waals surface area contributed by atoms with Crippen LogP contribution in [0.2, 0.25) is 0 Å². The second-order valence-corrected chi connectivity index (χ2v) is 3.62. The van der Waals surface area contributed by atoms with Crippen LogP contribution in [0.1, 0.15) is 25.7 Å². The second-order valence-electron chi connectivity index (χ2n) is 3.62. The minimum absolute atomic E-state index is 0.517. The molecule has 1 atom stereocenters. The van der Waals surface area contributed by atoms with E-state index >= 15 is 0 Å². The van der Waals surface area contributed by atoms with Crippen LogP contribution >= 0.6 is 0 Å². The number of nitrogens with one attached hydrogen (secondary N) is 1. The first kappa shape index (κ1) is 10.5. The molecule has 1 aliphatic rings. The highest BCUT2D eigenvalue weighted by Gasteiger charge is 2.30. The van der Waals surface area contributed by atoms with Crippen LogP contribution in [0.25, 0.3) is 0 Å². The quantitative estimate of drug-likeness (QED) is 0.604. The van der Waals surface area contributed by atoms with Crippen LogP contribution in [0, 0.1) is 17.2 Å². The van der Waals surface area contributed by atoms with Crippen LogP contribution in [0.5, 0.6) is 0 Å². The van der Waals surface area contributed by atoms with E-state index in [9.17, 15) is 0 Å². The first-order chi connectivity index (χ1) is 6.38. The van der Waals surface area contributed by atoms with Crippen LogP contribution in [-0.4, -0.2) is 26.3 Å². The van der Waals surface area contributed by atoms with Crippen molar-refractivity contribution in [1.82, 2.24) is 5.32 Å². The molecule has 1 aliphatic carbocycles. The Hall–Kier alpha value is -0.590. The molecule has 13 heavy (non-hydrogen) atoms. The molecule has 0 heterocycles. The maximum absolute atomic E-state index is 8.35. The Morgan fingerprint density at radius 3 is 2.92 bits per heavy atom. The van der Waals surface area contributed by atoms with Gasteiger partial charge >= 0.3 is 0 Å². The van der Waals surface area contributed by atoms with Crippen molar-refractivity contribution in [1.29, 1.82) is 5.26 Å². The Bertz CT molecular complexity index is 172. The normalized spacial score (nSPS) is 18.2. The summed E-state index contributed by atoms with van der Waals surface area (Å²) in [6, 6.07) is 2.66. The molecule has 0 radical (unpaired) electrons. The molecular formula is C10H18N2O. The summed E-state index contributed by atoms with van der Waals surface area (Å²) in [6.07, 6.45) is 4.26. The molecule has 0 aliphatic heterocycles. The molecule has 0 aromatic carbocycles. The molecule has 3 heteroatoms. The molecule has 0 saturated heterocycles. The van der Waals surface area contributed by atoms with Gasteiger partial charge in [0.2, 0.25) is 0 Å². The van der Waals surface area contributed by atoms with Crippen LogP contribution in [0.4, 0.5) is 0 Å². The SMILES string of the molecule is COCC(NCCCC#N)C1CC1. The molecule has 3 nitrogen and oxygen atoms in total. The van der Waals surface area contributed by atoms with Gasteiger partial charge in [0, 0.05) is 19.6 Å². The number of hydrogen-bond donors (Lipinski definition) is 1. The van der Waals surface area contributed by atoms with Gasteiger partial charge in [0.15, 0.2) is 0 Å². The van der Waals surface area contributed by atoms with E-state index in [4.69, 9.17) is 10.00 Å². The molecule has 1 unspecified atom stereocenters. The smallest absolute Gasteiger partial charge is 0.0622 e. The van der Waals surface area contributed by atoms with E-state index in [1.165, 1.54) is 12.8 Å². The van der Waals surface area contributed by atoms with Gasteiger partial charge in [-0.15, -0.1) is 0 Å². The van der Waals surface area contributed by atoms with Crippen molar-refractivity contribution in [3.8, 4) is 6.07 Å². The summed E-state index contributed by atoms with van der Waals surface area (Å²) in [5, 5.41) is 11.8. The molecule has 0 spiro atoms. The molecule has 1 rings (SSSR count). The lowest BCUT2D eigenvalue weighted by molar-refractivity contribution is 0.157. The number of methoxy groups -OCH3 is 1. The molecular weight excluding hydrogens is 164 g/mol. The Labute approximate surface area is 80.1 Å². The number of ether oxygens (including phenoxy) is 1. The summed E-state index contributed by atoms with van der Waals surface area (Å²) >= 11 is 0. The van der Waals surface area contributed by atoms with Gasteiger partial charge in [-0.05, 0) is 31.7 Å². The van der Waals surface area contributed by atoms with E-state index in [2.05, 4.69) is 11.4 Å². The van der Waals surface area contributed by atoms with E-state index < -0.39 is 0 Å². The second kappa shape index (κ2) is 5.95. The van der Waals surface area contributed by atoms with E-state index in [1.807, 2.05) is 0 Å². The summed E-state index contributed by atoms with van der Waals surface area (Å²) < 4.78 is 5.13. The molecule has 0 aromatic rings. The van der Waals surface area contributed by atoms with Gasteiger partial charge < -0.3 is 10.1 Å². The number of hydrogen-bond acceptors (Lipinski definition) is 3. The van der Waals surface area contributed by atoms with Crippen LogP contribution in [0.3, 0.4) is 0 Å². The van der Waals surface area contributed by atoms with Crippen molar-refractivity contribution in [3.05, 3.63) is 0 Å². The zero-order valence-electron chi connectivity index (χ0n) is 8.25. The third-order valence-corrected chi connectivity index (χ3v) is 2.41. The molecule has 1 N–H and O–H groups in total. The van der Waals surface area contributed by atoms with Crippen molar-refractivity contribution >= 4 is 0 Å². The van der Waals surface area contributed by atoms with Gasteiger partial charge in [-0.2, -0.15) is 5.26 Å². The van der Waals surface area contributed by atoms with E-state index in [0.717, 1.165) is 25.5 Å². The third kappa shape index (κ3) is 4.25. The average molecular weight is 182 g/mol. The van der Waals surface area contributed by atoms with Gasteiger partial charge in [0.1, 0.15) is 0 Å². The fourth-order valence-corrected chi connectivity index (χ4v) is 1.49. The summed E-state index contributed by atoms with van der Waals surface area (Å²) in [4.78, 5) is 0. The predicted molar refractivity (Wildman–Crippen MR) is 51.2 cm³/mol. The van der Waals surface area contributed by atoms with E-state index in [0.29, 0.717) is 12.5 Å². The lowest BCUT2D eigenvalue weighted by atomic mass is 10.2. The van der Waals surface area contributed by atoms with Gasteiger partial charge in [-0.25, -0.2) is 0 Å². The lowest BCUT2D eigenvalue weighted by Crippen LogP contribution is -2.35. The zero-order chi connectivity index (χ0) is 9.52. The standard InChI is InChI=1S/C10H18N2O/c1-13-8-10(9-4-5-9)12-7-3-2-6-11/h9-10,12H,2-5,7-8H2,1H3. The Morgan fingerprint density at radius 1 is 1.62 bits per heavy atom. The first-order valence-electron chi connectivity index (χ1n) is 4.97. The number of nitrogens with zero attached hydrogens (tertiary/aromatic N) is 1. The molecule has 0 bridgehead atoms. The first-order valence-corrected chi connectivity index (χ1v) is 4.97. The summed E-state index contributed by atoms with van der Waals surface area (Å²) in [6.45, 7) is 1.75. The van der Waals surface area contributed by atoms with Crippen molar-refractivity contribution in [2.45, 2.75) is 31.7 Å². The molecule has 1 fully saturated rings. The molecule has 0 aromatic heterocycles. The fraction of sp³-hybridized carbons (Fsp3) is 0.900. The van der Waals surface area contributed by atoms with Crippen molar-refractivity contribution in [2.24, 2.45) is 5.92 Å². The van der Waals surface area contributed by atoms with E-state index in [1.54, 1.807) is 7.11 Å². The van der Waals surface area contributed by atoms with Gasteiger partial charge in [-0.3, -0.25) is 0 Å². The van der Waals surface area contributed by atoms with Crippen molar-refractivity contribution in [2.75, 3.05) is 20.3 Å². The Balaban J connectivity index is 2.04. The highest BCUT2D eigenvalue weighted by atomic mass is 16.5. The third-order valence-electron chi connectivity index (χ3n) is 2.41. The van der Waals surface area contributed by atoms with Crippen LogP contribution in [0.15, 0.2) is 0 Å². The Kier molecular flexibility index (Phi) is 4.81. The minimum Gasteiger partial charge on any atom is -0.383 e. The van der Waals surface area contributed by atoms with Crippen LogP contribution in [-0.2, 0) is 4.74 Å². The molecule has 74 valence electrons. The van der Waals surface area contributed by atoms with Gasteiger partial charge in [0.25, 0.3) is 0 Å². The summed E-state index contributed by atoms with van der Waals surface area (Å²) in [5.41, 5.74) is 0. The van der Waals surface area contributed by atoms with Gasteiger partial charge in [-0.1, -0.05) is 0 Å². The van der Waals surface area contributed by atoms with Crippen molar-refractivity contribution in [3.63, 3.8) is 0 Å². The maximum Gasteiger partial charge on any atom is 0.0622 e. The van der Waals surface area contributed by atoms with Crippen molar-refractivity contribution < 1.29 is 4.74 Å². The predicted octanol–water partition coefficient (Wildman–Crippen LogP) is 1.30. The number of unbranched alkanes of at least 4 members (excludes halogenated alkanes) is 1. The maximum atomic E-state index is 8.35. The average Bonchev–Trinajstić information content (AvgIpc) is 2.93. The highest BCUT2D eigenvalue weighted by molar-refractivity contribution is 4.86. The summed E-state index contributed by atoms with van der Waals surface area (Å²) in [5.74, 6) is 0.821.